The van der Waals surface area contributed by atoms with Crippen molar-refractivity contribution >= 4 is 11.0 Å². The fraction of sp³-hybridized carbons (Fsp3) is 0.357. The SMILES string of the molecule is CCC(C)(C#N)C(O)c1cc2ccccc2o1. The van der Waals surface area contributed by atoms with E-state index in [2.05, 4.69) is 6.07 Å². The van der Waals surface area contributed by atoms with Gasteiger partial charge in [-0.2, -0.15) is 5.26 Å². The molecule has 3 heteroatoms. The van der Waals surface area contributed by atoms with Gasteiger partial charge in [-0.15, -0.1) is 0 Å². The average Bonchev–Trinajstić information content (AvgIpc) is 2.80. The molecule has 0 spiro atoms. The first-order valence-corrected chi connectivity index (χ1v) is 5.68. The number of benzene rings is 1. The van der Waals surface area contributed by atoms with Crippen molar-refractivity contribution in [2.24, 2.45) is 5.41 Å². The highest BCUT2D eigenvalue weighted by Crippen LogP contribution is 2.38. The van der Waals surface area contributed by atoms with Crippen LogP contribution in [-0.4, -0.2) is 5.11 Å². The Kier molecular flexibility index (Phi) is 2.91. The first kappa shape index (κ1) is 11.7. The van der Waals surface area contributed by atoms with Crippen LogP contribution in [0.25, 0.3) is 11.0 Å². The van der Waals surface area contributed by atoms with E-state index in [9.17, 15) is 5.11 Å². The van der Waals surface area contributed by atoms with Gasteiger partial charge >= 0.3 is 0 Å². The number of hydrogen-bond acceptors (Lipinski definition) is 3. The third-order valence-corrected chi connectivity index (χ3v) is 3.31. The Labute approximate surface area is 100 Å². The van der Waals surface area contributed by atoms with Gasteiger partial charge < -0.3 is 9.52 Å². The molecule has 1 aromatic carbocycles. The number of rotatable bonds is 3. The van der Waals surface area contributed by atoms with Crippen LogP contribution in [0, 0.1) is 16.7 Å². The third-order valence-electron chi connectivity index (χ3n) is 3.31. The monoisotopic (exact) mass is 229 g/mol. The molecule has 0 aliphatic heterocycles. The summed E-state index contributed by atoms with van der Waals surface area (Å²) in [7, 11) is 0. The number of furan rings is 1. The first-order valence-electron chi connectivity index (χ1n) is 5.68. The van der Waals surface area contributed by atoms with E-state index in [4.69, 9.17) is 9.68 Å². The van der Waals surface area contributed by atoms with Crippen LogP contribution >= 0.6 is 0 Å². The average molecular weight is 229 g/mol. The van der Waals surface area contributed by atoms with Crippen molar-refractivity contribution in [1.82, 2.24) is 0 Å². The van der Waals surface area contributed by atoms with E-state index in [0.717, 1.165) is 11.0 Å². The van der Waals surface area contributed by atoms with Crippen molar-refractivity contribution < 1.29 is 9.52 Å². The molecule has 1 aromatic heterocycles. The van der Waals surface area contributed by atoms with Crippen molar-refractivity contribution in [3.8, 4) is 6.07 Å². The van der Waals surface area contributed by atoms with Gasteiger partial charge in [0.15, 0.2) is 0 Å². The largest absolute Gasteiger partial charge is 0.458 e. The maximum Gasteiger partial charge on any atom is 0.135 e. The van der Waals surface area contributed by atoms with Crippen LogP contribution in [0.1, 0.15) is 32.1 Å². The number of aliphatic hydroxyl groups is 1. The molecule has 0 aliphatic rings. The van der Waals surface area contributed by atoms with Gasteiger partial charge in [0.25, 0.3) is 0 Å². The number of nitrogens with zero attached hydrogens (tertiary/aromatic N) is 1. The molecule has 2 unspecified atom stereocenters. The Morgan fingerprint density at radius 2 is 2.18 bits per heavy atom. The summed E-state index contributed by atoms with van der Waals surface area (Å²) in [6.45, 7) is 3.62. The summed E-state index contributed by atoms with van der Waals surface area (Å²) in [6, 6.07) is 11.5. The van der Waals surface area contributed by atoms with Gasteiger partial charge in [0.05, 0.1) is 11.5 Å². The molecule has 2 rings (SSSR count). The highest BCUT2D eigenvalue weighted by molar-refractivity contribution is 5.77. The lowest BCUT2D eigenvalue weighted by molar-refractivity contribution is 0.0539. The molecule has 0 bridgehead atoms. The lowest BCUT2D eigenvalue weighted by Crippen LogP contribution is -2.22. The van der Waals surface area contributed by atoms with E-state index in [1.54, 1.807) is 13.0 Å². The van der Waals surface area contributed by atoms with E-state index in [1.165, 1.54) is 0 Å². The Balaban J connectivity index is 2.44. The van der Waals surface area contributed by atoms with Crippen molar-refractivity contribution in [1.29, 1.82) is 5.26 Å². The third kappa shape index (κ3) is 1.92. The van der Waals surface area contributed by atoms with Crippen LogP contribution in [0.5, 0.6) is 0 Å². The minimum atomic E-state index is -0.898. The minimum Gasteiger partial charge on any atom is -0.458 e. The summed E-state index contributed by atoms with van der Waals surface area (Å²) in [6.07, 6.45) is -0.327. The molecule has 2 aromatic rings. The number of hydrogen-bond donors (Lipinski definition) is 1. The zero-order valence-corrected chi connectivity index (χ0v) is 9.97. The van der Waals surface area contributed by atoms with Crippen LogP contribution in [0.2, 0.25) is 0 Å². The van der Waals surface area contributed by atoms with Gasteiger partial charge in [-0.25, -0.2) is 0 Å². The van der Waals surface area contributed by atoms with Gasteiger partial charge in [-0.1, -0.05) is 25.1 Å². The molecule has 0 saturated carbocycles. The van der Waals surface area contributed by atoms with Crippen molar-refractivity contribution in [3.63, 3.8) is 0 Å². The van der Waals surface area contributed by atoms with Gasteiger partial charge in [0.2, 0.25) is 0 Å². The number of para-hydroxylation sites is 1. The topological polar surface area (TPSA) is 57.2 Å². The van der Waals surface area contributed by atoms with Gasteiger partial charge in [0, 0.05) is 5.39 Å². The Hall–Kier alpha value is -1.79. The summed E-state index contributed by atoms with van der Waals surface area (Å²) in [5.41, 5.74) is -0.0774. The first-order chi connectivity index (χ1) is 8.10. The maximum absolute atomic E-state index is 10.2. The molecular formula is C14H15NO2. The second-order valence-electron chi connectivity index (χ2n) is 4.47. The molecule has 2 atom stereocenters. The Morgan fingerprint density at radius 1 is 1.47 bits per heavy atom. The highest BCUT2D eigenvalue weighted by Gasteiger charge is 2.34. The van der Waals surface area contributed by atoms with Crippen molar-refractivity contribution in [2.45, 2.75) is 26.4 Å². The summed E-state index contributed by atoms with van der Waals surface area (Å²) >= 11 is 0. The predicted molar refractivity (Wildman–Crippen MR) is 65.2 cm³/mol. The zero-order valence-electron chi connectivity index (χ0n) is 9.97. The van der Waals surface area contributed by atoms with Crippen LogP contribution in [0.15, 0.2) is 34.7 Å². The molecule has 0 radical (unpaired) electrons. The second kappa shape index (κ2) is 4.23. The lowest BCUT2D eigenvalue weighted by atomic mass is 9.82. The van der Waals surface area contributed by atoms with Crippen molar-refractivity contribution in [3.05, 3.63) is 36.1 Å². The second-order valence-corrected chi connectivity index (χ2v) is 4.47. The van der Waals surface area contributed by atoms with E-state index in [1.807, 2.05) is 31.2 Å². The summed E-state index contributed by atoms with van der Waals surface area (Å²) in [5.74, 6) is 0.456. The minimum absolute atomic E-state index is 0.456. The van der Waals surface area contributed by atoms with Crippen LogP contribution in [-0.2, 0) is 0 Å². The molecule has 17 heavy (non-hydrogen) atoms. The fourth-order valence-corrected chi connectivity index (χ4v) is 1.78. The smallest absolute Gasteiger partial charge is 0.135 e. The molecule has 88 valence electrons. The van der Waals surface area contributed by atoms with Crippen LogP contribution < -0.4 is 0 Å². The number of nitriles is 1. The van der Waals surface area contributed by atoms with E-state index < -0.39 is 11.5 Å². The maximum atomic E-state index is 10.2. The van der Waals surface area contributed by atoms with Gasteiger partial charge in [-0.05, 0) is 25.5 Å². The van der Waals surface area contributed by atoms with Gasteiger partial charge in [-0.3, -0.25) is 0 Å². The molecule has 0 aliphatic carbocycles. The van der Waals surface area contributed by atoms with E-state index in [-0.39, 0.29) is 0 Å². The standard InChI is InChI=1S/C14H15NO2/c1-3-14(2,9-15)13(16)12-8-10-6-4-5-7-11(10)17-12/h4-8,13,16H,3H2,1-2H3. The van der Waals surface area contributed by atoms with E-state index in [0.29, 0.717) is 12.2 Å². The normalized spacial score (nSPS) is 16.4. The van der Waals surface area contributed by atoms with E-state index >= 15 is 0 Å². The molecular weight excluding hydrogens is 214 g/mol. The summed E-state index contributed by atoms with van der Waals surface area (Å²) in [4.78, 5) is 0. The molecule has 0 saturated heterocycles. The highest BCUT2D eigenvalue weighted by atomic mass is 16.4. The molecule has 0 fully saturated rings. The summed E-state index contributed by atoms with van der Waals surface area (Å²) in [5, 5.41) is 20.3. The zero-order chi connectivity index (χ0) is 12.5. The summed E-state index contributed by atoms with van der Waals surface area (Å²) < 4.78 is 5.58. The number of fused-ring (bicyclic) bond motifs is 1. The molecule has 1 heterocycles. The van der Waals surface area contributed by atoms with Crippen LogP contribution in [0.3, 0.4) is 0 Å². The quantitative estimate of drug-likeness (QED) is 0.877. The molecule has 0 amide bonds. The number of aliphatic hydroxyl groups excluding tert-OH is 1. The fourth-order valence-electron chi connectivity index (χ4n) is 1.78. The van der Waals surface area contributed by atoms with Crippen molar-refractivity contribution in [2.75, 3.05) is 0 Å². The molecule has 1 N–H and O–H groups in total. The Bertz CT molecular complexity index is 534. The molecule has 3 nitrogen and oxygen atoms in total. The Morgan fingerprint density at radius 3 is 2.76 bits per heavy atom. The van der Waals surface area contributed by atoms with Gasteiger partial charge in [0.1, 0.15) is 17.4 Å². The van der Waals surface area contributed by atoms with Crippen LogP contribution in [0.4, 0.5) is 0 Å². The predicted octanol–water partition coefficient (Wildman–Crippen LogP) is 3.41. The lowest BCUT2D eigenvalue weighted by Gasteiger charge is -2.24.